The smallest absolute Gasteiger partial charge is 0.162 e. The van der Waals surface area contributed by atoms with Crippen molar-refractivity contribution in [3.05, 3.63) is 67.0 Å². The molecule has 1 aliphatic rings. The van der Waals surface area contributed by atoms with Gasteiger partial charge in [-0.3, -0.25) is 4.98 Å². The van der Waals surface area contributed by atoms with Gasteiger partial charge in [0.25, 0.3) is 0 Å². The SMILES string of the molecule is CCn1ccnc1C1CCCCN1c1nc(-c2ccncc2)nc2ccccc12. The van der Waals surface area contributed by atoms with Gasteiger partial charge in [0.15, 0.2) is 5.82 Å². The van der Waals surface area contributed by atoms with Gasteiger partial charge in [-0.2, -0.15) is 0 Å². The van der Waals surface area contributed by atoms with Gasteiger partial charge in [-0.1, -0.05) is 12.1 Å². The summed E-state index contributed by atoms with van der Waals surface area (Å²) < 4.78 is 2.25. The van der Waals surface area contributed by atoms with Gasteiger partial charge in [0, 0.05) is 48.8 Å². The van der Waals surface area contributed by atoms with Gasteiger partial charge >= 0.3 is 0 Å². The maximum Gasteiger partial charge on any atom is 0.162 e. The fourth-order valence-electron chi connectivity index (χ4n) is 4.25. The molecule has 1 aliphatic heterocycles. The molecule has 1 saturated heterocycles. The molecule has 1 atom stereocenters. The monoisotopic (exact) mass is 384 g/mol. The predicted octanol–water partition coefficient (Wildman–Crippen LogP) is 4.64. The molecule has 29 heavy (non-hydrogen) atoms. The van der Waals surface area contributed by atoms with Crippen LogP contribution in [0.25, 0.3) is 22.3 Å². The summed E-state index contributed by atoms with van der Waals surface area (Å²) in [5, 5.41) is 1.09. The van der Waals surface area contributed by atoms with E-state index in [0.717, 1.165) is 59.9 Å². The van der Waals surface area contributed by atoms with Crippen molar-refractivity contribution in [3.63, 3.8) is 0 Å². The summed E-state index contributed by atoms with van der Waals surface area (Å²) in [7, 11) is 0. The van der Waals surface area contributed by atoms with E-state index in [2.05, 4.69) is 45.8 Å². The van der Waals surface area contributed by atoms with Crippen molar-refractivity contribution in [2.75, 3.05) is 11.4 Å². The third-order valence-corrected chi connectivity index (χ3v) is 5.68. The molecule has 6 heteroatoms. The number of nitrogens with zero attached hydrogens (tertiary/aromatic N) is 6. The van der Waals surface area contributed by atoms with Crippen LogP contribution in [0, 0.1) is 0 Å². The van der Waals surface area contributed by atoms with Crippen molar-refractivity contribution >= 4 is 16.7 Å². The predicted molar refractivity (Wildman–Crippen MR) is 115 cm³/mol. The van der Waals surface area contributed by atoms with Crippen molar-refractivity contribution in [3.8, 4) is 11.4 Å². The molecule has 3 aromatic heterocycles. The van der Waals surface area contributed by atoms with Crippen LogP contribution in [0.1, 0.15) is 38.1 Å². The lowest BCUT2D eigenvalue weighted by Crippen LogP contribution is -2.36. The number of aryl methyl sites for hydroxylation is 1. The molecule has 1 aromatic carbocycles. The lowest BCUT2D eigenvalue weighted by atomic mass is 10.0. The number of hydrogen-bond acceptors (Lipinski definition) is 5. The maximum atomic E-state index is 5.06. The largest absolute Gasteiger partial charge is 0.346 e. The van der Waals surface area contributed by atoms with Gasteiger partial charge in [-0.25, -0.2) is 15.0 Å². The molecule has 0 spiro atoms. The number of hydrogen-bond donors (Lipinski definition) is 0. The van der Waals surface area contributed by atoms with Crippen molar-refractivity contribution < 1.29 is 0 Å². The second-order valence-corrected chi connectivity index (χ2v) is 7.40. The number of pyridine rings is 1. The highest BCUT2D eigenvalue weighted by molar-refractivity contribution is 5.91. The minimum absolute atomic E-state index is 0.224. The topological polar surface area (TPSA) is 59.7 Å². The third-order valence-electron chi connectivity index (χ3n) is 5.68. The van der Waals surface area contributed by atoms with E-state index in [1.807, 2.05) is 24.4 Å². The van der Waals surface area contributed by atoms with Crippen molar-refractivity contribution in [2.24, 2.45) is 0 Å². The second kappa shape index (κ2) is 7.62. The van der Waals surface area contributed by atoms with Crippen molar-refractivity contribution in [2.45, 2.75) is 38.8 Å². The van der Waals surface area contributed by atoms with E-state index in [-0.39, 0.29) is 6.04 Å². The molecule has 1 unspecified atom stereocenters. The number of rotatable bonds is 4. The normalized spacial score (nSPS) is 17.0. The Morgan fingerprint density at radius 1 is 1.00 bits per heavy atom. The van der Waals surface area contributed by atoms with E-state index in [0.29, 0.717) is 0 Å². The number of aromatic nitrogens is 5. The van der Waals surface area contributed by atoms with Crippen LogP contribution in [0.4, 0.5) is 5.82 Å². The molecule has 4 aromatic rings. The molecule has 0 amide bonds. The lowest BCUT2D eigenvalue weighted by Gasteiger charge is -2.37. The van der Waals surface area contributed by atoms with Crippen LogP contribution in [0.2, 0.25) is 0 Å². The van der Waals surface area contributed by atoms with Crippen LogP contribution in [-0.2, 0) is 6.54 Å². The number of piperidine rings is 1. The Morgan fingerprint density at radius 2 is 1.86 bits per heavy atom. The summed E-state index contributed by atoms with van der Waals surface area (Å²) in [4.78, 5) is 21.2. The van der Waals surface area contributed by atoms with E-state index < -0.39 is 0 Å². The first-order valence-electron chi connectivity index (χ1n) is 10.3. The molecular formula is C23H24N6. The Hall–Kier alpha value is -3.28. The highest BCUT2D eigenvalue weighted by Crippen LogP contribution is 2.37. The molecule has 146 valence electrons. The summed E-state index contributed by atoms with van der Waals surface area (Å²) in [6.45, 7) is 4.06. The molecule has 5 rings (SSSR count). The van der Waals surface area contributed by atoms with E-state index in [9.17, 15) is 0 Å². The molecule has 0 saturated carbocycles. The van der Waals surface area contributed by atoms with E-state index >= 15 is 0 Å². The van der Waals surface area contributed by atoms with E-state index in [4.69, 9.17) is 15.0 Å². The standard InChI is InChI=1S/C23H24N6/c1-2-28-16-14-25-23(28)20-9-5-6-15-29(20)22-18-7-3-4-8-19(18)26-21(27-22)17-10-12-24-13-11-17/h3-4,7-8,10-14,16,20H,2,5-6,9,15H2,1H3. The summed E-state index contributed by atoms with van der Waals surface area (Å²) >= 11 is 0. The zero-order chi connectivity index (χ0) is 19.6. The molecule has 1 fully saturated rings. The Morgan fingerprint density at radius 3 is 2.72 bits per heavy atom. The molecule has 0 N–H and O–H groups in total. The molecular weight excluding hydrogens is 360 g/mol. The molecule has 0 radical (unpaired) electrons. The first-order chi connectivity index (χ1) is 14.3. The van der Waals surface area contributed by atoms with Gasteiger partial charge in [-0.15, -0.1) is 0 Å². The first kappa shape index (κ1) is 17.8. The number of fused-ring (bicyclic) bond motifs is 1. The van der Waals surface area contributed by atoms with Crippen molar-refractivity contribution in [1.29, 1.82) is 0 Å². The van der Waals surface area contributed by atoms with Crippen LogP contribution in [-0.4, -0.2) is 31.0 Å². The molecule has 0 aliphatic carbocycles. The van der Waals surface area contributed by atoms with Crippen LogP contribution in [0.15, 0.2) is 61.2 Å². The maximum absolute atomic E-state index is 5.06. The summed E-state index contributed by atoms with van der Waals surface area (Å²) in [6, 6.07) is 12.4. The summed E-state index contributed by atoms with van der Waals surface area (Å²) in [5.41, 5.74) is 1.95. The zero-order valence-corrected chi connectivity index (χ0v) is 16.6. The fraction of sp³-hybridized carbons (Fsp3) is 0.304. The average Bonchev–Trinajstić information content (AvgIpc) is 3.28. The van der Waals surface area contributed by atoms with Gasteiger partial charge < -0.3 is 9.47 Å². The van der Waals surface area contributed by atoms with Gasteiger partial charge in [0.2, 0.25) is 0 Å². The minimum Gasteiger partial charge on any atom is -0.346 e. The Balaban J connectivity index is 1.68. The van der Waals surface area contributed by atoms with Crippen LogP contribution < -0.4 is 4.90 Å². The van der Waals surface area contributed by atoms with Crippen LogP contribution in [0.5, 0.6) is 0 Å². The Labute approximate surface area is 170 Å². The Bertz CT molecular complexity index is 1120. The minimum atomic E-state index is 0.224. The lowest BCUT2D eigenvalue weighted by molar-refractivity contribution is 0.440. The molecule has 6 nitrogen and oxygen atoms in total. The average molecular weight is 384 g/mol. The van der Waals surface area contributed by atoms with Gasteiger partial charge in [0.1, 0.15) is 11.6 Å². The second-order valence-electron chi connectivity index (χ2n) is 7.40. The number of para-hydroxylation sites is 1. The summed E-state index contributed by atoms with van der Waals surface area (Å²) in [5.74, 6) is 2.86. The fourth-order valence-corrected chi connectivity index (χ4v) is 4.25. The van der Waals surface area contributed by atoms with Crippen LogP contribution >= 0.6 is 0 Å². The van der Waals surface area contributed by atoms with Crippen molar-refractivity contribution in [1.82, 2.24) is 24.5 Å². The molecule has 0 bridgehead atoms. The highest BCUT2D eigenvalue weighted by atomic mass is 15.3. The Kier molecular flexibility index (Phi) is 4.68. The van der Waals surface area contributed by atoms with E-state index in [1.165, 1.54) is 6.42 Å². The number of benzene rings is 1. The van der Waals surface area contributed by atoms with Crippen LogP contribution in [0.3, 0.4) is 0 Å². The quantitative estimate of drug-likeness (QED) is 0.513. The molecule has 4 heterocycles. The third kappa shape index (κ3) is 3.24. The first-order valence-corrected chi connectivity index (χ1v) is 10.3. The number of anilines is 1. The zero-order valence-electron chi connectivity index (χ0n) is 16.6. The van der Waals surface area contributed by atoms with Gasteiger partial charge in [-0.05, 0) is 50.5 Å². The highest BCUT2D eigenvalue weighted by Gasteiger charge is 2.30. The summed E-state index contributed by atoms with van der Waals surface area (Å²) in [6.07, 6.45) is 11.0. The van der Waals surface area contributed by atoms with E-state index in [1.54, 1.807) is 12.4 Å². The van der Waals surface area contributed by atoms with Gasteiger partial charge in [0.05, 0.1) is 11.6 Å². The number of imidazole rings is 1.